The molecule has 0 aliphatic heterocycles. The first-order chi connectivity index (χ1) is 9.22. The van der Waals surface area contributed by atoms with Crippen LogP contribution in [-0.4, -0.2) is 21.6 Å². The number of nitrogens with zero attached hydrogens (tertiary/aromatic N) is 2. The largest absolute Gasteiger partial charge is 0.396 e. The number of anilines is 1. The van der Waals surface area contributed by atoms with E-state index in [4.69, 9.17) is 5.11 Å². The molecule has 7 heteroatoms. The molecule has 0 aromatic carbocycles. The summed E-state index contributed by atoms with van der Waals surface area (Å²) in [7, 11) is 0. The zero-order valence-corrected chi connectivity index (χ0v) is 10.8. The molecule has 0 aliphatic carbocycles. The van der Waals surface area contributed by atoms with E-state index in [1.807, 2.05) is 17.5 Å². The zero-order chi connectivity index (χ0) is 13.7. The maximum atomic E-state index is 10.9. The summed E-state index contributed by atoms with van der Waals surface area (Å²) in [6.07, 6.45) is 1.97. The summed E-state index contributed by atoms with van der Waals surface area (Å²) < 4.78 is 0. The lowest BCUT2D eigenvalue weighted by Gasteiger charge is -2.16. The van der Waals surface area contributed by atoms with Crippen LogP contribution in [0.1, 0.15) is 17.3 Å². The molecule has 0 amide bonds. The third-order valence-corrected chi connectivity index (χ3v) is 3.58. The highest BCUT2D eigenvalue weighted by molar-refractivity contribution is 7.10. The summed E-state index contributed by atoms with van der Waals surface area (Å²) >= 11 is 1.53. The molecule has 0 saturated carbocycles. The van der Waals surface area contributed by atoms with E-state index in [9.17, 15) is 10.1 Å². The number of rotatable bonds is 6. The van der Waals surface area contributed by atoms with Gasteiger partial charge in [-0.05, 0) is 23.9 Å². The molecule has 19 heavy (non-hydrogen) atoms. The second kappa shape index (κ2) is 6.26. The van der Waals surface area contributed by atoms with E-state index in [2.05, 4.69) is 10.3 Å². The van der Waals surface area contributed by atoms with Crippen LogP contribution in [0.5, 0.6) is 0 Å². The van der Waals surface area contributed by atoms with Crippen LogP contribution in [0.2, 0.25) is 0 Å². The third kappa shape index (κ3) is 3.27. The van der Waals surface area contributed by atoms with Crippen molar-refractivity contribution in [3.05, 3.63) is 50.8 Å². The van der Waals surface area contributed by atoms with E-state index in [1.54, 1.807) is 0 Å². The number of pyridine rings is 1. The molecular formula is C12H13N3O3S. The molecule has 0 saturated heterocycles. The van der Waals surface area contributed by atoms with Gasteiger partial charge in [-0.2, -0.15) is 0 Å². The van der Waals surface area contributed by atoms with Gasteiger partial charge in [0.15, 0.2) is 0 Å². The second-order valence-electron chi connectivity index (χ2n) is 3.85. The molecule has 6 nitrogen and oxygen atoms in total. The number of nitrogens with one attached hydrogen (secondary N) is 1. The summed E-state index contributed by atoms with van der Waals surface area (Å²) in [5, 5.41) is 25.0. The van der Waals surface area contributed by atoms with Gasteiger partial charge in [0.05, 0.1) is 11.0 Å². The molecule has 0 fully saturated rings. The molecule has 0 radical (unpaired) electrons. The van der Waals surface area contributed by atoms with Gasteiger partial charge in [-0.3, -0.25) is 10.1 Å². The predicted molar refractivity (Wildman–Crippen MR) is 73.3 cm³/mol. The highest BCUT2D eigenvalue weighted by atomic mass is 32.1. The van der Waals surface area contributed by atoms with Gasteiger partial charge in [0.25, 0.3) is 0 Å². The molecule has 1 atom stereocenters. The molecule has 2 rings (SSSR count). The number of hydrogen-bond donors (Lipinski definition) is 2. The van der Waals surface area contributed by atoms with Gasteiger partial charge in [0.1, 0.15) is 0 Å². The highest BCUT2D eigenvalue weighted by Crippen LogP contribution is 2.29. The van der Waals surface area contributed by atoms with Crippen LogP contribution in [0.4, 0.5) is 11.5 Å². The number of nitro groups is 1. The Balaban J connectivity index is 2.25. The Morgan fingerprint density at radius 3 is 2.95 bits per heavy atom. The maximum absolute atomic E-state index is 10.9. The van der Waals surface area contributed by atoms with Crippen LogP contribution in [-0.2, 0) is 0 Å². The quantitative estimate of drug-likeness (QED) is 0.626. The number of hydrogen-bond acceptors (Lipinski definition) is 6. The molecule has 100 valence electrons. The third-order valence-electron chi connectivity index (χ3n) is 2.60. The van der Waals surface area contributed by atoms with Crippen molar-refractivity contribution in [3.8, 4) is 0 Å². The maximum Gasteiger partial charge on any atom is 0.311 e. The fraction of sp³-hybridized carbons (Fsp3) is 0.250. The average molecular weight is 279 g/mol. The van der Waals surface area contributed by atoms with Crippen molar-refractivity contribution in [1.29, 1.82) is 0 Å². The Labute approximate surface area is 113 Å². The second-order valence-corrected chi connectivity index (χ2v) is 4.83. The van der Waals surface area contributed by atoms with Crippen LogP contribution in [0.25, 0.3) is 0 Å². The fourth-order valence-electron chi connectivity index (χ4n) is 1.72. The molecule has 0 aliphatic rings. The lowest BCUT2D eigenvalue weighted by Crippen LogP contribution is -2.13. The van der Waals surface area contributed by atoms with E-state index in [1.165, 1.54) is 29.7 Å². The number of aliphatic hydroxyl groups excluding tert-OH is 1. The standard InChI is InChI=1S/C12H13N3O3S/c16-7-5-9(11-4-2-8-19-11)14-12-10(15(17)18)3-1-6-13-12/h1-4,6,8-9,16H,5,7H2,(H,13,14). The summed E-state index contributed by atoms with van der Waals surface area (Å²) in [6, 6.07) is 6.57. The van der Waals surface area contributed by atoms with E-state index in [0.717, 1.165) is 4.88 Å². The van der Waals surface area contributed by atoms with Gasteiger partial charge < -0.3 is 10.4 Å². The monoisotopic (exact) mass is 279 g/mol. The molecule has 0 spiro atoms. The topological polar surface area (TPSA) is 88.3 Å². The Kier molecular flexibility index (Phi) is 4.43. The molecule has 1 unspecified atom stereocenters. The van der Waals surface area contributed by atoms with Gasteiger partial charge in [-0.25, -0.2) is 4.98 Å². The number of aromatic nitrogens is 1. The average Bonchev–Trinajstić information content (AvgIpc) is 2.92. The van der Waals surface area contributed by atoms with Crippen LogP contribution >= 0.6 is 11.3 Å². The lowest BCUT2D eigenvalue weighted by molar-refractivity contribution is -0.384. The number of thiophene rings is 1. The Morgan fingerprint density at radius 2 is 2.32 bits per heavy atom. The van der Waals surface area contributed by atoms with Crippen LogP contribution in [0.3, 0.4) is 0 Å². The molecule has 0 bridgehead atoms. The van der Waals surface area contributed by atoms with Gasteiger partial charge >= 0.3 is 5.69 Å². The van der Waals surface area contributed by atoms with Crippen molar-refractivity contribution >= 4 is 22.8 Å². The summed E-state index contributed by atoms with van der Waals surface area (Å²) in [5.74, 6) is 0.222. The van der Waals surface area contributed by atoms with E-state index >= 15 is 0 Å². The molecule has 2 aromatic heterocycles. The van der Waals surface area contributed by atoms with Crippen molar-refractivity contribution < 1.29 is 10.0 Å². The van der Waals surface area contributed by atoms with E-state index in [-0.39, 0.29) is 24.2 Å². The Bertz CT molecular complexity index is 545. The first kappa shape index (κ1) is 13.4. The summed E-state index contributed by atoms with van der Waals surface area (Å²) in [6.45, 7) is -0.00377. The minimum Gasteiger partial charge on any atom is -0.396 e. The molecule has 2 heterocycles. The van der Waals surface area contributed by atoms with Crippen LogP contribution in [0.15, 0.2) is 35.8 Å². The molecule has 2 aromatic rings. The van der Waals surface area contributed by atoms with Crippen molar-refractivity contribution in [3.63, 3.8) is 0 Å². The normalized spacial score (nSPS) is 12.1. The van der Waals surface area contributed by atoms with Crippen molar-refractivity contribution in [2.45, 2.75) is 12.5 Å². The molecular weight excluding hydrogens is 266 g/mol. The Morgan fingerprint density at radius 1 is 1.47 bits per heavy atom. The van der Waals surface area contributed by atoms with Gasteiger partial charge in [-0.15, -0.1) is 11.3 Å². The first-order valence-electron chi connectivity index (χ1n) is 5.72. The minimum atomic E-state index is -0.472. The smallest absolute Gasteiger partial charge is 0.311 e. The zero-order valence-electron chi connectivity index (χ0n) is 10.0. The summed E-state index contributed by atoms with van der Waals surface area (Å²) in [5.41, 5.74) is -0.0676. The number of aliphatic hydroxyl groups is 1. The fourth-order valence-corrected chi connectivity index (χ4v) is 2.54. The van der Waals surface area contributed by atoms with Crippen molar-refractivity contribution in [1.82, 2.24) is 4.98 Å². The van der Waals surface area contributed by atoms with Gasteiger partial charge in [0, 0.05) is 23.7 Å². The highest BCUT2D eigenvalue weighted by Gasteiger charge is 2.19. The SMILES string of the molecule is O=[N+]([O-])c1cccnc1NC(CCO)c1cccs1. The predicted octanol–water partition coefficient (Wildman–Crippen LogP) is 2.59. The lowest BCUT2D eigenvalue weighted by atomic mass is 10.1. The van der Waals surface area contributed by atoms with Crippen LogP contribution in [0, 0.1) is 10.1 Å². The van der Waals surface area contributed by atoms with Crippen molar-refractivity contribution in [2.24, 2.45) is 0 Å². The van der Waals surface area contributed by atoms with E-state index < -0.39 is 4.92 Å². The molecule has 2 N–H and O–H groups in total. The van der Waals surface area contributed by atoms with Crippen molar-refractivity contribution in [2.75, 3.05) is 11.9 Å². The summed E-state index contributed by atoms with van der Waals surface area (Å²) in [4.78, 5) is 15.5. The van der Waals surface area contributed by atoms with Crippen LogP contribution < -0.4 is 5.32 Å². The van der Waals surface area contributed by atoms with Gasteiger partial charge in [-0.1, -0.05) is 6.07 Å². The Hall–Kier alpha value is -1.99. The minimum absolute atomic E-state index is 0.00377. The van der Waals surface area contributed by atoms with Gasteiger partial charge in [0.2, 0.25) is 5.82 Å². The first-order valence-corrected chi connectivity index (χ1v) is 6.60. The van der Waals surface area contributed by atoms with E-state index in [0.29, 0.717) is 6.42 Å².